The maximum Gasteiger partial charge on any atom is 0.271 e. The van der Waals surface area contributed by atoms with Gasteiger partial charge in [-0.3, -0.25) is 14.9 Å². The third-order valence-electron chi connectivity index (χ3n) is 2.96. The first kappa shape index (κ1) is 17.5. The van der Waals surface area contributed by atoms with E-state index >= 15 is 0 Å². The Hall–Kier alpha value is -2.81. The predicted molar refractivity (Wildman–Crippen MR) is 88.3 cm³/mol. The van der Waals surface area contributed by atoms with Gasteiger partial charge in [-0.25, -0.2) is 9.82 Å². The smallest absolute Gasteiger partial charge is 0.271 e. The number of nitrogens with zero attached hydrogens (tertiary/aromatic N) is 2. The molecule has 2 aromatic carbocycles. The Morgan fingerprint density at radius 1 is 1.38 bits per heavy atom. The van der Waals surface area contributed by atoms with Crippen LogP contribution in [0.3, 0.4) is 0 Å². The van der Waals surface area contributed by atoms with E-state index in [1.54, 1.807) is 0 Å². The second-order valence-electron chi connectivity index (χ2n) is 4.72. The number of carbonyl (C=O) groups is 1. The number of rotatable bonds is 5. The van der Waals surface area contributed by atoms with E-state index in [4.69, 9.17) is 0 Å². The van der Waals surface area contributed by atoms with E-state index in [0.717, 1.165) is 18.3 Å². The Kier molecular flexibility index (Phi) is 5.59. The van der Waals surface area contributed by atoms with Gasteiger partial charge in [0.2, 0.25) is 5.91 Å². The third-order valence-corrected chi connectivity index (χ3v) is 3.56. The van der Waals surface area contributed by atoms with Gasteiger partial charge in [0, 0.05) is 17.7 Å². The maximum absolute atomic E-state index is 12.8. The van der Waals surface area contributed by atoms with Crippen LogP contribution in [0.2, 0.25) is 0 Å². The second-order valence-corrected chi connectivity index (χ2v) is 5.57. The Morgan fingerprint density at radius 3 is 2.67 bits per heavy atom. The minimum atomic E-state index is -0.616. The SMILES string of the molecule is O=C(Cc1ccc(F)cc1)N/N=C/c1cc([N+](=O)[O-])cc(Br)c1O. The number of benzene rings is 2. The highest BCUT2D eigenvalue weighted by atomic mass is 79.9. The van der Waals surface area contributed by atoms with Gasteiger partial charge in [-0.1, -0.05) is 12.1 Å². The standard InChI is InChI=1S/C15H11BrFN3O4/c16-13-7-12(20(23)24)6-10(15(13)22)8-18-19-14(21)5-9-1-3-11(17)4-2-9/h1-4,6-8,22H,5H2,(H,19,21)/b18-8+. The van der Waals surface area contributed by atoms with Gasteiger partial charge in [0.05, 0.1) is 22.0 Å². The van der Waals surface area contributed by atoms with Crippen LogP contribution in [0, 0.1) is 15.9 Å². The maximum atomic E-state index is 12.8. The first-order valence-corrected chi connectivity index (χ1v) is 7.39. The van der Waals surface area contributed by atoms with Gasteiger partial charge in [-0.05, 0) is 33.6 Å². The summed E-state index contributed by atoms with van der Waals surface area (Å²) in [6.07, 6.45) is 1.08. The van der Waals surface area contributed by atoms with E-state index in [9.17, 15) is 24.4 Å². The van der Waals surface area contributed by atoms with E-state index < -0.39 is 16.6 Å². The van der Waals surface area contributed by atoms with E-state index in [2.05, 4.69) is 26.5 Å². The number of phenols is 1. The molecule has 124 valence electrons. The molecule has 0 atom stereocenters. The molecule has 0 saturated carbocycles. The number of hydrogen-bond acceptors (Lipinski definition) is 5. The van der Waals surface area contributed by atoms with Gasteiger partial charge in [0.1, 0.15) is 11.6 Å². The second kappa shape index (κ2) is 7.64. The fourth-order valence-corrected chi connectivity index (χ4v) is 2.27. The Balaban J connectivity index is 2.04. The van der Waals surface area contributed by atoms with Crippen LogP contribution in [0.1, 0.15) is 11.1 Å². The number of non-ortho nitro benzene ring substituents is 1. The van der Waals surface area contributed by atoms with Crippen molar-refractivity contribution >= 4 is 33.7 Å². The molecule has 2 rings (SSSR count). The van der Waals surface area contributed by atoms with Gasteiger partial charge in [0.15, 0.2) is 0 Å². The summed E-state index contributed by atoms with van der Waals surface area (Å²) >= 11 is 3.00. The van der Waals surface area contributed by atoms with Gasteiger partial charge in [0.25, 0.3) is 5.69 Å². The number of halogens is 2. The van der Waals surface area contributed by atoms with Crippen LogP contribution in [0.5, 0.6) is 5.75 Å². The lowest BCUT2D eigenvalue weighted by molar-refractivity contribution is -0.385. The number of hydrazone groups is 1. The lowest BCUT2D eigenvalue weighted by Gasteiger charge is -2.03. The first-order valence-electron chi connectivity index (χ1n) is 6.60. The molecule has 24 heavy (non-hydrogen) atoms. The molecule has 0 saturated heterocycles. The average molecular weight is 396 g/mol. The van der Waals surface area contributed by atoms with Crippen LogP contribution >= 0.6 is 15.9 Å². The van der Waals surface area contributed by atoms with Crippen molar-refractivity contribution in [3.63, 3.8) is 0 Å². The van der Waals surface area contributed by atoms with E-state index in [1.165, 1.54) is 24.3 Å². The van der Waals surface area contributed by atoms with E-state index in [0.29, 0.717) is 5.56 Å². The molecule has 0 radical (unpaired) electrons. The number of phenolic OH excluding ortho intramolecular Hbond substituents is 1. The third kappa shape index (κ3) is 4.59. The molecule has 0 fully saturated rings. The zero-order chi connectivity index (χ0) is 17.7. The summed E-state index contributed by atoms with van der Waals surface area (Å²) < 4.78 is 12.9. The van der Waals surface area contributed by atoms with Crippen LogP contribution in [0.25, 0.3) is 0 Å². The van der Waals surface area contributed by atoms with Crippen LogP contribution in [-0.2, 0) is 11.2 Å². The van der Waals surface area contributed by atoms with Crippen molar-refractivity contribution in [3.8, 4) is 5.75 Å². The topological polar surface area (TPSA) is 105 Å². The van der Waals surface area contributed by atoms with Crippen molar-refractivity contribution in [1.82, 2.24) is 5.43 Å². The molecule has 7 nitrogen and oxygen atoms in total. The average Bonchev–Trinajstić information content (AvgIpc) is 2.53. The molecule has 0 heterocycles. The number of amides is 1. The quantitative estimate of drug-likeness (QED) is 0.461. The minimum Gasteiger partial charge on any atom is -0.506 e. The summed E-state index contributed by atoms with van der Waals surface area (Å²) in [5.74, 6) is -1.09. The van der Waals surface area contributed by atoms with Crippen molar-refractivity contribution in [2.24, 2.45) is 5.10 Å². The van der Waals surface area contributed by atoms with Crippen molar-refractivity contribution in [1.29, 1.82) is 0 Å². The number of carbonyl (C=O) groups excluding carboxylic acids is 1. The fraction of sp³-hybridized carbons (Fsp3) is 0.0667. The Bertz CT molecular complexity index is 809. The number of aromatic hydroxyl groups is 1. The highest BCUT2D eigenvalue weighted by molar-refractivity contribution is 9.10. The zero-order valence-electron chi connectivity index (χ0n) is 12.1. The molecule has 2 N–H and O–H groups in total. The summed E-state index contributed by atoms with van der Waals surface area (Å²) in [7, 11) is 0. The fourth-order valence-electron chi connectivity index (χ4n) is 1.81. The Labute approximate surface area is 144 Å². The lowest BCUT2D eigenvalue weighted by Crippen LogP contribution is -2.19. The summed E-state index contributed by atoms with van der Waals surface area (Å²) in [4.78, 5) is 21.9. The van der Waals surface area contributed by atoms with Gasteiger partial charge in [-0.2, -0.15) is 5.10 Å². The summed E-state index contributed by atoms with van der Waals surface area (Å²) in [6, 6.07) is 7.70. The summed E-state index contributed by atoms with van der Waals surface area (Å²) in [5.41, 5.74) is 2.66. The van der Waals surface area contributed by atoms with Gasteiger partial charge >= 0.3 is 0 Å². The number of nitro benzene ring substituents is 1. The molecule has 0 aliphatic heterocycles. The largest absolute Gasteiger partial charge is 0.506 e. The van der Waals surface area contributed by atoms with Crippen LogP contribution < -0.4 is 5.43 Å². The van der Waals surface area contributed by atoms with Crippen molar-refractivity contribution in [2.45, 2.75) is 6.42 Å². The number of hydrogen-bond donors (Lipinski definition) is 2. The molecule has 0 aliphatic rings. The van der Waals surface area contributed by atoms with Crippen molar-refractivity contribution in [2.75, 3.05) is 0 Å². The first-order chi connectivity index (χ1) is 11.4. The van der Waals surface area contributed by atoms with Gasteiger partial charge < -0.3 is 5.11 Å². The lowest BCUT2D eigenvalue weighted by atomic mass is 10.1. The van der Waals surface area contributed by atoms with E-state index in [-0.39, 0.29) is 27.9 Å². The molecule has 0 spiro atoms. The molecule has 0 bridgehead atoms. The summed E-state index contributed by atoms with van der Waals surface area (Å²) in [5, 5.41) is 24.3. The van der Waals surface area contributed by atoms with Gasteiger partial charge in [-0.15, -0.1) is 0 Å². The summed E-state index contributed by atoms with van der Waals surface area (Å²) in [6.45, 7) is 0. The minimum absolute atomic E-state index is 0.0117. The molecule has 1 amide bonds. The highest BCUT2D eigenvalue weighted by Gasteiger charge is 2.13. The highest BCUT2D eigenvalue weighted by Crippen LogP contribution is 2.31. The monoisotopic (exact) mass is 395 g/mol. The molecule has 0 aliphatic carbocycles. The van der Waals surface area contributed by atoms with Crippen molar-refractivity contribution < 1.29 is 19.2 Å². The number of nitro groups is 1. The molecular weight excluding hydrogens is 385 g/mol. The normalized spacial score (nSPS) is 10.8. The van der Waals surface area contributed by atoms with Crippen LogP contribution in [-0.4, -0.2) is 22.2 Å². The predicted octanol–water partition coefficient (Wildman–Crippen LogP) is 2.89. The molecule has 2 aromatic rings. The van der Waals surface area contributed by atoms with Crippen LogP contribution in [0.15, 0.2) is 46.0 Å². The zero-order valence-corrected chi connectivity index (χ0v) is 13.7. The molecular formula is C15H11BrFN3O4. The molecule has 0 unspecified atom stereocenters. The van der Waals surface area contributed by atoms with Crippen molar-refractivity contribution in [3.05, 3.63) is 67.9 Å². The van der Waals surface area contributed by atoms with E-state index in [1.807, 2.05) is 0 Å². The number of nitrogens with one attached hydrogen (secondary N) is 1. The Morgan fingerprint density at radius 2 is 2.04 bits per heavy atom. The molecule has 9 heteroatoms. The van der Waals surface area contributed by atoms with Crippen LogP contribution in [0.4, 0.5) is 10.1 Å². The molecule has 0 aromatic heterocycles.